The molecule has 4 aromatic rings. The molecule has 1 aliphatic rings. The van der Waals surface area contributed by atoms with E-state index in [1.165, 1.54) is 0 Å². The van der Waals surface area contributed by atoms with Crippen LogP contribution >= 0.6 is 31.9 Å². The molecule has 1 aromatic heterocycles. The number of carbonyl (C=O) groups excluding carboxylic acids is 1. The minimum Gasteiger partial charge on any atom is -0.449 e. The number of furan rings is 1. The Kier molecular flexibility index (Phi) is 5.68. The Labute approximate surface area is 211 Å². The number of nitriles is 1. The van der Waals surface area contributed by atoms with Crippen molar-refractivity contribution < 1.29 is 18.7 Å². The first-order valence-corrected chi connectivity index (χ1v) is 11.8. The van der Waals surface area contributed by atoms with Crippen LogP contribution in [0.1, 0.15) is 33.2 Å². The van der Waals surface area contributed by atoms with Gasteiger partial charge in [0.1, 0.15) is 28.7 Å². The van der Waals surface area contributed by atoms with Gasteiger partial charge in [0, 0.05) is 31.5 Å². The van der Waals surface area contributed by atoms with Crippen LogP contribution in [0.2, 0.25) is 0 Å². The van der Waals surface area contributed by atoms with Gasteiger partial charge in [0.2, 0.25) is 11.6 Å². The van der Waals surface area contributed by atoms with Crippen molar-refractivity contribution in [2.75, 3.05) is 0 Å². The van der Waals surface area contributed by atoms with Gasteiger partial charge < -0.3 is 19.6 Å². The van der Waals surface area contributed by atoms with Gasteiger partial charge in [-0.3, -0.25) is 0 Å². The van der Waals surface area contributed by atoms with Crippen molar-refractivity contribution in [1.82, 2.24) is 0 Å². The fraction of sp³-hybridized carbons (Fsp3) is 0.0769. The van der Waals surface area contributed by atoms with Crippen molar-refractivity contribution in [3.63, 3.8) is 0 Å². The van der Waals surface area contributed by atoms with Gasteiger partial charge in [-0.25, -0.2) is 4.79 Å². The second kappa shape index (κ2) is 8.67. The lowest BCUT2D eigenvalue weighted by Crippen LogP contribution is -2.21. The van der Waals surface area contributed by atoms with Gasteiger partial charge >= 0.3 is 5.97 Å². The minimum atomic E-state index is -0.620. The van der Waals surface area contributed by atoms with Gasteiger partial charge in [-0.05, 0) is 48.9 Å². The lowest BCUT2D eigenvalue weighted by molar-refractivity contribution is 0.0702. The Balaban J connectivity index is 1.49. The molecule has 2 N–H and O–H groups in total. The van der Waals surface area contributed by atoms with Crippen LogP contribution in [0.15, 0.2) is 85.5 Å². The number of allylic oxidation sites excluding steroid dienone is 1. The SMILES string of the molecule is Cc1c(C(=O)Oc2ccc3c(c2)OC(N)=C(C#N)C3c2cccc(Br)c2)oc2cc(Br)ccc12. The maximum absolute atomic E-state index is 12.9. The molecule has 6 nitrogen and oxygen atoms in total. The Morgan fingerprint density at radius 3 is 2.65 bits per heavy atom. The fourth-order valence-corrected chi connectivity index (χ4v) is 4.83. The van der Waals surface area contributed by atoms with Gasteiger partial charge in [0.15, 0.2) is 0 Å². The number of hydrogen-bond donors (Lipinski definition) is 1. The molecule has 0 bridgehead atoms. The number of ether oxygens (including phenoxy) is 2. The van der Waals surface area contributed by atoms with Crippen molar-refractivity contribution in [2.24, 2.45) is 5.73 Å². The molecule has 1 unspecified atom stereocenters. The number of halogens is 2. The molecule has 8 heteroatoms. The smallest absolute Gasteiger partial charge is 0.379 e. The number of hydrogen-bond acceptors (Lipinski definition) is 6. The molecular weight excluding hydrogens is 564 g/mol. The summed E-state index contributed by atoms with van der Waals surface area (Å²) in [5.74, 6) is -0.201. The average molecular weight is 580 g/mol. The summed E-state index contributed by atoms with van der Waals surface area (Å²) in [6, 6.07) is 20.4. The first-order valence-electron chi connectivity index (χ1n) is 10.2. The Morgan fingerprint density at radius 1 is 1.09 bits per heavy atom. The molecule has 0 saturated heterocycles. The molecule has 5 rings (SSSR count). The van der Waals surface area contributed by atoms with Gasteiger partial charge in [-0.1, -0.05) is 50.1 Å². The van der Waals surface area contributed by atoms with Crippen molar-refractivity contribution in [1.29, 1.82) is 5.26 Å². The largest absolute Gasteiger partial charge is 0.449 e. The van der Waals surface area contributed by atoms with Crippen LogP contribution in [0.3, 0.4) is 0 Å². The first kappa shape index (κ1) is 22.3. The average Bonchev–Trinajstić information content (AvgIpc) is 3.13. The third kappa shape index (κ3) is 3.87. The molecule has 0 amide bonds. The lowest BCUT2D eigenvalue weighted by atomic mass is 9.83. The maximum atomic E-state index is 12.9. The van der Waals surface area contributed by atoms with E-state index in [0.29, 0.717) is 22.5 Å². The third-order valence-corrected chi connectivity index (χ3v) is 6.66. The number of fused-ring (bicyclic) bond motifs is 2. The van der Waals surface area contributed by atoms with E-state index in [-0.39, 0.29) is 17.4 Å². The van der Waals surface area contributed by atoms with Crippen molar-refractivity contribution in [3.8, 4) is 17.6 Å². The highest BCUT2D eigenvalue weighted by atomic mass is 79.9. The zero-order chi connectivity index (χ0) is 24.0. The van der Waals surface area contributed by atoms with E-state index in [1.807, 2.05) is 43.3 Å². The van der Waals surface area contributed by atoms with E-state index in [0.717, 1.165) is 25.5 Å². The summed E-state index contributed by atoms with van der Waals surface area (Å²) in [7, 11) is 0. The van der Waals surface area contributed by atoms with E-state index < -0.39 is 11.9 Å². The van der Waals surface area contributed by atoms with Crippen LogP contribution in [0.25, 0.3) is 11.0 Å². The molecule has 0 saturated carbocycles. The summed E-state index contributed by atoms with van der Waals surface area (Å²) < 4.78 is 18.8. The van der Waals surface area contributed by atoms with E-state index in [1.54, 1.807) is 24.3 Å². The lowest BCUT2D eigenvalue weighted by Gasteiger charge is -2.26. The summed E-state index contributed by atoms with van der Waals surface area (Å²) in [6.07, 6.45) is 0. The molecular formula is C26H16Br2N2O4. The number of rotatable bonds is 3. The summed E-state index contributed by atoms with van der Waals surface area (Å²) in [6.45, 7) is 1.81. The molecule has 34 heavy (non-hydrogen) atoms. The van der Waals surface area contributed by atoms with Gasteiger partial charge in [-0.2, -0.15) is 5.26 Å². The summed E-state index contributed by atoms with van der Waals surface area (Å²) in [5.41, 5.74) is 9.31. The van der Waals surface area contributed by atoms with Crippen LogP contribution in [-0.4, -0.2) is 5.97 Å². The second-order valence-corrected chi connectivity index (χ2v) is 9.60. The van der Waals surface area contributed by atoms with Crippen LogP contribution in [-0.2, 0) is 0 Å². The minimum absolute atomic E-state index is 0.0159. The number of aryl methyl sites for hydroxylation is 1. The molecule has 0 radical (unpaired) electrons. The molecule has 0 aliphatic carbocycles. The molecule has 168 valence electrons. The highest BCUT2D eigenvalue weighted by Gasteiger charge is 2.31. The second-order valence-electron chi connectivity index (χ2n) is 7.77. The zero-order valence-electron chi connectivity index (χ0n) is 17.8. The van der Waals surface area contributed by atoms with Crippen molar-refractivity contribution >= 4 is 48.8 Å². The Hall–Kier alpha value is -3.54. The molecule has 1 atom stereocenters. The van der Waals surface area contributed by atoms with Gasteiger partial charge in [0.25, 0.3) is 0 Å². The van der Waals surface area contributed by atoms with Crippen molar-refractivity contribution in [2.45, 2.75) is 12.8 Å². The van der Waals surface area contributed by atoms with Crippen LogP contribution in [0.4, 0.5) is 0 Å². The van der Waals surface area contributed by atoms with E-state index >= 15 is 0 Å². The Morgan fingerprint density at radius 2 is 1.88 bits per heavy atom. The van der Waals surface area contributed by atoms with Crippen LogP contribution in [0.5, 0.6) is 11.5 Å². The summed E-state index contributed by atoms with van der Waals surface area (Å²) in [4.78, 5) is 12.9. The van der Waals surface area contributed by atoms with Crippen LogP contribution < -0.4 is 15.2 Å². The monoisotopic (exact) mass is 578 g/mol. The first-order chi connectivity index (χ1) is 16.4. The fourth-order valence-electron chi connectivity index (χ4n) is 4.08. The maximum Gasteiger partial charge on any atom is 0.379 e. The highest BCUT2D eigenvalue weighted by Crippen LogP contribution is 2.44. The van der Waals surface area contributed by atoms with Crippen molar-refractivity contribution in [3.05, 3.63) is 104 Å². The number of nitrogens with two attached hydrogens (primary N) is 1. The van der Waals surface area contributed by atoms with E-state index in [2.05, 4.69) is 37.9 Å². The number of esters is 1. The molecule has 2 heterocycles. The van der Waals surface area contributed by atoms with Crippen LogP contribution in [0, 0.1) is 18.3 Å². The molecule has 0 fully saturated rings. The quantitative estimate of drug-likeness (QED) is 0.214. The third-order valence-electron chi connectivity index (χ3n) is 5.67. The topological polar surface area (TPSA) is 98.5 Å². The zero-order valence-corrected chi connectivity index (χ0v) is 20.9. The number of carbonyl (C=O) groups is 1. The molecule has 0 spiro atoms. The predicted octanol–water partition coefficient (Wildman–Crippen LogP) is 6.70. The number of benzene rings is 3. The summed E-state index contributed by atoms with van der Waals surface area (Å²) in [5, 5.41) is 10.6. The van der Waals surface area contributed by atoms with E-state index in [9.17, 15) is 10.1 Å². The Bertz CT molecular complexity index is 1550. The summed E-state index contributed by atoms with van der Waals surface area (Å²) >= 11 is 6.88. The molecule has 3 aromatic carbocycles. The normalized spacial score (nSPS) is 14.9. The van der Waals surface area contributed by atoms with Gasteiger partial charge in [0.05, 0.1) is 5.92 Å². The van der Waals surface area contributed by atoms with E-state index in [4.69, 9.17) is 19.6 Å². The highest BCUT2D eigenvalue weighted by molar-refractivity contribution is 9.10. The number of nitrogens with zero attached hydrogens (tertiary/aromatic N) is 1. The standard InChI is InChI=1S/C26H16Br2N2O4/c1-13-18-7-5-16(28)10-21(18)33-24(13)26(31)32-17-6-8-19-22(11-17)34-25(30)20(12-29)23(19)14-3-2-4-15(27)9-14/h2-11,23H,30H2,1H3. The van der Waals surface area contributed by atoms with Gasteiger partial charge in [-0.15, -0.1) is 0 Å². The predicted molar refractivity (Wildman–Crippen MR) is 133 cm³/mol. The molecule has 1 aliphatic heterocycles.